The molecule has 4 heteroatoms. The Morgan fingerprint density at radius 1 is 0.773 bits per heavy atom. The van der Waals surface area contributed by atoms with Crippen molar-refractivity contribution in [3.05, 3.63) is 139 Å². The highest BCUT2D eigenvalue weighted by Gasteiger charge is 2.42. The predicted molar refractivity (Wildman–Crippen MR) is 185 cm³/mol. The zero-order chi connectivity index (χ0) is 29.4. The average molecular weight is 587 g/mol. The molecule has 0 spiro atoms. The van der Waals surface area contributed by atoms with Crippen LogP contribution in [0.2, 0.25) is 0 Å². The van der Waals surface area contributed by atoms with E-state index in [1.807, 2.05) is 18.2 Å². The molecule has 0 N–H and O–H groups in total. The van der Waals surface area contributed by atoms with Crippen LogP contribution in [0.4, 0.5) is 17.1 Å². The standard InChI is InChI=1S/C40H30N2OS/c1-40(2)33-14-8-6-12-29(33)30-19-16-26(22-34(30)40)42(27-17-20-32-31-13-7-9-15-36(31)43-37(32)23-27)28-18-21-35-38(24-28)44-39(41-35)25-10-4-3-5-11-25/h3-13,15-24,33H,14H2,1-2H3. The molecule has 2 aliphatic carbocycles. The second kappa shape index (κ2) is 9.54. The summed E-state index contributed by atoms with van der Waals surface area (Å²) in [6.07, 6.45) is 7.93. The van der Waals surface area contributed by atoms with E-state index in [1.54, 1.807) is 11.3 Å². The Kier molecular flexibility index (Phi) is 5.54. The van der Waals surface area contributed by atoms with Gasteiger partial charge >= 0.3 is 0 Å². The number of anilines is 3. The molecule has 7 aromatic rings. The maximum absolute atomic E-state index is 6.36. The number of fused-ring (bicyclic) bond motifs is 7. The monoisotopic (exact) mass is 586 g/mol. The van der Waals surface area contributed by atoms with Gasteiger partial charge in [0.1, 0.15) is 16.2 Å². The molecule has 212 valence electrons. The third-order valence-electron chi connectivity index (χ3n) is 9.57. The molecule has 2 aliphatic rings. The molecular weight excluding hydrogens is 557 g/mol. The first kappa shape index (κ1) is 25.6. The lowest BCUT2D eigenvalue weighted by Gasteiger charge is -2.30. The van der Waals surface area contributed by atoms with Crippen LogP contribution in [0.15, 0.2) is 132 Å². The second-order valence-corrected chi connectivity index (χ2v) is 13.5. The number of aromatic nitrogens is 1. The van der Waals surface area contributed by atoms with Gasteiger partial charge in [-0.3, -0.25) is 0 Å². The van der Waals surface area contributed by atoms with Gasteiger partial charge in [-0.15, -0.1) is 11.3 Å². The van der Waals surface area contributed by atoms with Crippen LogP contribution < -0.4 is 4.90 Å². The number of benzene rings is 5. The van der Waals surface area contributed by atoms with Gasteiger partial charge < -0.3 is 9.32 Å². The summed E-state index contributed by atoms with van der Waals surface area (Å²) in [4.78, 5) is 7.35. The molecule has 0 saturated carbocycles. The molecule has 3 nitrogen and oxygen atoms in total. The topological polar surface area (TPSA) is 29.3 Å². The van der Waals surface area contributed by atoms with Crippen LogP contribution in [0.1, 0.15) is 31.4 Å². The van der Waals surface area contributed by atoms with Crippen molar-refractivity contribution >= 4 is 66.1 Å². The highest BCUT2D eigenvalue weighted by Crippen LogP contribution is 2.54. The predicted octanol–water partition coefficient (Wildman–Crippen LogP) is 11.6. The van der Waals surface area contributed by atoms with Gasteiger partial charge in [-0.2, -0.15) is 0 Å². The summed E-state index contributed by atoms with van der Waals surface area (Å²) in [6, 6.07) is 39.0. The molecule has 0 bridgehead atoms. The van der Waals surface area contributed by atoms with Gasteiger partial charge in [0.05, 0.1) is 10.2 Å². The number of nitrogens with zero attached hydrogens (tertiary/aromatic N) is 2. The summed E-state index contributed by atoms with van der Waals surface area (Å²) in [5.41, 5.74) is 11.6. The van der Waals surface area contributed by atoms with Gasteiger partial charge in [-0.1, -0.05) is 86.7 Å². The van der Waals surface area contributed by atoms with E-state index >= 15 is 0 Å². The van der Waals surface area contributed by atoms with Gasteiger partial charge in [0.25, 0.3) is 0 Å². The molecule has 1 atom stereocenters. The normalized spacial score (nSPS) is 16.8. The number of hydrogen-bond donors (Lipinski definition) is 0. The molecule has 44 heavy (non-hydrogen) atoms. The van der Waals surface area contributed by atoms with E-state index in [4.69, 9.17) is 9.40 Å². The zero-order valence-electron chi connectivity index (χ0n) is 24.6. The van der Waals surface area contributed by atoms with E-state index in [0.29, 0.717) is 5.92 Å². The van der Waals surface area contributed by atoms with Crippen LogP contribution in [0, 0.1) is 5.92 Å². The molecule has 0 amide bonds. The Bertz CT molecular complexity index is 2300. The van der Waals surface area contributed by atoms with Gasteiger partial charge in [0.15, 0.2) is 0 Å². The molecule has 0 radical (unpaired) electrons. The molecule has 0 aliphatic heterocycles. The van der Waals surface area contributed by atoms with E-state index in [2.05, 4.69) is 128 Å². The quantitative estimate of drug-likeness (QED) is 0.205. The Morgan fingerprint density at radius 3 is 2.43 bits per heavy atom. The number of allylic oxidation sites excluding steroid dienone is 4. The third kappa shape index (κ3) is 3.84. The molecule has 5 aromatic carbocycles. The van der Waals surface area contributed by atoms with E-state index in [9.17, 15) is 0 Å². The maximum Gasteiger partial charge on any atom is 0.137 e. The first-order valence-corrected chi connectivity index (χ1v) is 16.1. The van der Waals surface area contributed by atoms with Crippen molar-refractivity contribution in [1.29, 1.82) is 0 Å². The van der Waals surface area contributed by atoms with Crippen molar-refractivity contribution in [2.75, 3.05) is 4.90 Å². The van der Waals surface area contributed by atoms with Crippen molar-refractivity contribution in [1.82, 2.24) is 4.98 Å². The van der Waals surface area contributed by atoms with Gasteiger partial charge in [0.2, 0.25) is 0 Å². The molecule has 9 rings (SSSR count). The summed E-state index contributed by atoms with van der Waals surface area (Å²) < 4.78 is 7.53. The van der Waals surface area contributed by atoms with Crippen LogP contribution >= 0.6 is 11.3 Å². The Labute approximate surface area is 260 Å². The van der Waals surface area contributed by atoms with E-state index in [-0.39, 0.29) is 5.41 Å². The number of rotatable bonds is 4. The Hall–Kier alpha value is -4.93. The lowest BCUT2D eigenvalue weighted by molar-refractivity contribution is 0.415. The number of hydrogen-bond acceptors (Lipinski definition) is 4. The summed E-state index contributed by atoms with van der Waals surface area (Å²) in [7, 11) is 0. The van der Waals surface area contributed by atoms with Crippen molar-refractivity contribution in [2.24, 2.45) is 5.92 Å². The minimum absolute atomic E-state index is 0.0442. The molecule has 0 saturated heterocycles. The van der Waals surface area contributed by atoms with Crippen LogP contribution in [0.25, 0.3) is 48.3 Å². The first-order valence-electron chi connectivity index (χ1n) is 15.2. The second-order valence-electron chi connectivity index (χ2n) is 12.4. The molecule has 1 unspecified atom stereocenters. The third-order valence-corrected chi connectivity index (χ3v) is 10.6. The minimum atomic E-state index is 0.0442. The highest BCUT2D eigenvalue weighted by molar-refractivity contribution is 7.21. The smallest absolute Gasteiger partial charge is 0.137 e. The lowest BCUT2D eigenvalue weighted by atomic mass is 9.75. The molecular formula is C40H30N2OS. The summed E-state index contributed by atoms with van der Waals surface area (Å²) in [5, 5.41) is 3.31. The zero-order valence-corrected chi connectivity index (χ0v) is 25.4. The highest BCUT2D eigenvalue weighted by atomic mass is 32.1. The van der Waals surface area contributed by atoms with Crippen LogP contribution in [-0.4, -0.2) is 4.98 Å². The van der Waals surface area contributed by atoms with Gasteiger partial charge in [-0.25, -0.2) is 4.98 Å². The fourth-order valence-corrected chi connectivity index (χ4v) is 8.30. The van der Waals surface area contributed by atoms with Crippen LogP contribution in [-0.2, 0) is 5.41 Å². The average Bonchev–Trinajstić information content (AvgIpc) is 3.72. The molecule has 0 fully saturated rings. The van der Waals surface area contributed by atoms with Crippen molar-refractivity contribution in [2.45, 2.75) is 25.7 Å². The van der Waals surface area contributed by atoms with E-state index in [1.165, 1.54) is 21.4 Å². The van der Waals surface area contributed by atoms with Crippen LogP contribution in [0.5, 0.6) is 0 Å². The lowest BCUT2D eigenvalue weighted by Crippen LogP contribution is -2.24. The van der Waals surface area contributed by atoms with Crippen molar-refractivity contribution < 1.29 is 4.42 Å². The SMILES string of the molecule is CC1(C)c2cc(N(c3ccc4c(c3)oc3ccccc34)c3ccc4nc(-c5ccccc5)sc4c3)ccc2C2=CC=CCC21. The minimum Gasteiger partial charge on any atom is -0.456 e. The fourth-order valence-electron chi connectivity index (χ4n) is 7.29. The Morgan fingerprint density at radius 2 is 1.52 bits per heavy atom. The largest absolute Gasteiger partial charge is 0.456 e. The van der Waals surface area contributed by atoms with Gasteiger partial charge in [0, 0.05) is 39.5 Å². The maximum atomic E-state index is 6.36. The first-order chi connectivity index (χ1) is 21.5. The van der Waals surface area contributed by atoms with E-state index < -0.39 is 0 Å². The number of furan rings is 1. The molecule has 2 heterocycles. The summed E-state index contributed by atoms with van der Waals surface area (Å²) >= 11 is 1.74. The number of para-hydroxylation sites is 1. The van der Waals surface area contributed by atoms with Crippen molar-refractivity contribution in [3.8, 4) is 10.6 Å². The van der Waals surface area contributed by atoms with Gasteiger partial charge in [-0.05, 0) is 83.0 Å². The number of thiazole rings is 1. The van der Waals surface area contributed by atoms with Crippen LogP contribution in [0.3, 0.4) is 0 Å². The summed E-state index contributed by atoms with van der Waals surface area (Å²) in [6.45, 7) is 4.80. The van der Waals surface area contributed by atoms with Crippen molar-refractivity contribution in [3.63, 3.8) is 0 Å². The fraction of sp³-hybridized carbons (Fsp3) is 0.125. The Balaban J connectivity index is 1.23. The van der Waals surface area contributed by atoms with E-state index in [0.717, 1.165) is 61.5 Å². The summed E-state index contributed by atoms with van der Waals surface area (Å²) in [5.74, 6) is 0.503. The molecule has 2 aromatic heterocycles.